The first-order valence-electron chi connectivity index (χ1n) is 11.8. The highest BCUT2D eigenvalue weighted by Gasteiger charge is 2.35. The molecule has 0 aromatic heterocycles. The van der Waals surface area contributed by atoms with Crippen LogP contribution in [0.3, 0.4) is 0 Å². The molecule has 0 aliphatic carbocycles. The molecule has 10 nitrogen and oxygen atoms in total. The van der Waals surface area contributed by atoms with E-state index in [0.29, 0.717) is 32.4 Å². The van der Waals surface area contributed by atoms with Gasteiger partial charge in [0.2, 0.25) is 17.7 Å². The topological polar surface area (TPSA) is 168 Å². The molecule has 1 aliphatic heterocycles. The van der Waals surface area contributed by atoms with Gasteiger partial charge in [-0.25, -0.2) is 4.79 Å². The van der Waals surface area contributed by atoms with Gasteiger partial charge in [-0.2, -0.15) is 0 Å². The molecule has 3 amide bonds. The summed E-state index contributed by atoms with van der Waals surface area (Å²) in [6, 6.07) is 6.73. The summed E-state index contributed by atoms with van der Waals surface area (Å²) in [6.45, 7) is 4.71. The van der Waals surface area contributed by atoms with Gasteiger partial charge in [-0.05, 0) is 37.3 Å². The van der Waals surface area contributed by atoms with E-state index in [-0.39, 0.29) is 24.3 Å². The number of carboxylic acid groups (broad SMARTS) is 1. The number of carbonyl (C=O) groups is 4. The van der Waals surface area contributed by atoms with Crippen LogP contribution in [0.1, 0.15) is 45.1 Å². The second-order valence-corrected chi connectivity index (χ2v) is 9.04. The van der Waals surface area contributed by atoms with Crippen LogP contribution < -0.4 is 22.1 Å². The predicted molar refractivity (Wildman–Crippen MR) is 127 cm³/mol. The number of carbonyl (C=O) groups excluding carboxylic acids is 3. The second kappa shape index (κ2) is 13.0. The molecule has 0 bridgehead atoms. The van der Waals surface area contributed by atoms with Crippen LogP contribution in [-0.2, 0) is 25.6 Å². The van der Waals surface area contributed by atoms with Crippen molar-refractivity contribution < 1.29 is 24.3 Å². The summed E-state index contributed by atoms with van der Waals surface area (Å²) < 4.78 is 0. The molecule has 5 unspecified atom stereocenters. The Bertz CT molecular complexity index is 849. The normalized spacial score (nSPS) is 19.6. The Hall–Kier alpha value is -2.98. The number of nitrogens with one attached hydrogen (secondary N) is 2. The highest BCUT2D eigenvalue weighted by Crippen LogP contribution is 2.20. The zero-order chi connectivity index (χ0) is 25.3. The summed E-state index contributed by atoms with van der Waals surface area (Å²) in [5.74, 6) is -2.71. The van der Waals surface area contributed by atoms with E-state index in [1.165, 1.54) is 0 Å². The molecule has 2 rings (SSSR count). The van der Waals surface area contributed by atoms with E-state index >= 15 is 0 Å². The lowest BCUT2D eigenvalue weighted by Crippen LogP contribution is -2.55. The van der Waals surface area contributed by atoms with Crippen molar-refractivity contribution >= 4 is 23.7 Å². The smallest absolute Gasteiger partial charge is 0.326 e. The molecule has 7 N–H and O–H groups in total. The minimum absolute atomic E-state index is 0.201. The van der Waals surface area contributed by atoms with Crippen LogP contribution >= 0.6 is 0 Å². The van der Waals surface area contributed by atoms with Crippen LogP contribution in [0.5, 0.6) is 0 Å². The number of primary amides is 1. The number of amides is 3. The molecule has 1 fully saturated rings. The van der Waals surface area contributed by atoms with Crippen LogP contribution in [0.4, 0.5) is 0 Å². The van der Waals surface area contributed by atoms with Gasteiger partial charge in [-0.15, -0.1) is 0 Å². The number of rotatable bonds is 13. The molecule has 0 spiro atoms. The number of carboxylic acids is 1. The van der Waals surface area contributed by atoms with Crippen LogP contribution in [0, 0.1) is 5.92 Å². The number of likely N-dealkylation sites (tertiary alicyclic amines) is 1. The maximum Gasteiger partial charge on any atom is 0.326 e. The Morgan fingerprint density at radius 1 is 1.18 bits per heavy atom. The molecule has 10 heteroatoms. The van der Waals surface area contributed by atoms with Crippen molar-refractivity contribution in [3.8, 4) is 0 Å². The number of hydrogen-bond donors (Lipinski definition) is 5. The molecule has 188 valence electrons. The van der Waals surface area contributed by atoms with E-state index in [4.69, 9.17) is 11.5 Å². The van der Waals surface area contributed by atoms with Crippen LogP contribution in [0.25, 0.3) is 0 Å². The van der Waals surface area contributed by atoms with Gasteiger partial charge in [0.1, 0.15) is 6.04 Å². The third kappa shape index (κ3) is 8.11. The highest BCUT2D eigenvalue weighted by molar-refractivity contribution is 5.88. The lowest BCUT2D eigenvalue weighted by atomic mass is 9.98. The van der Waals surface area contributed by atoms with Crippen molar-refractivity contribution in [3.63, 3.8) is 0 Å². The fourth-order valence-corrected chi connectivity index (χ4v) is 4.23. The maximum absolute atomic E-state index is 13.0. The minimum Gasteiger partial charge on any atom is -0.480 e. The van der Waals surface area contributed by atoms with Gasteiger partial charge in [0.05, 0.1) is 18.5 Å². The largest absolute Gasteiger partial charge is 0.480 e. The molecule has 34 heavy (non-hydrogen) atoms. The number of hydrogen-bond acceptors (Lipinski definition) is 6. The Morgan fingerprint density at radius 2 is 1.85 bits per heavy atom. The third-order valence-corrected chi connectivity index (χ3v) is 6.33. The number of aliphatic carboxylic acids is 1. The minimum atomic E-state index is -1.06. The van der Waals surface area contributed by atoms with Crippen molar-refractivity contribution in [1.29, 1.82) is 0 Å². The Kier molecular flexibility index (Phi) is 10.5. The molecular weight excluding hydrogens is 438 g/mol. The van der Waals surface area contributed by atoms with Gasteiger partial charge in [0.15, 0.2) is 0 Å². The van der Waals surface area contributed by atoms with Gasteiger partial charge in [-0.3, -0.25) is 19.3 Å². The molecule has 1 heterocycles. The van der Waals surface area contributed by atoms with Crippen molar-refractivity contribution in [3.05, 3.63) is 35.9 Å². The molecule has 0 radical (unpaired) electrons. The summed E-state index contributed by atoms with van der Waals surface area (Å²) in [4.78, 5) is 50.4. The Balaban J connectivity index is 2.13. The van der Waals surface area contributed by atoms with Gasteiger partial charge in [-0.1, -0.05) is 50.6 Å². The Labute approximate surface area is 200 Å². The van der Waals surface area contributed by atoms with Crippen LogP contribution in [-0.4, -0.2) is 71.0 Å². The first-order chi connectivity index (χ1) is 16.1. The van der Waals surface area contributed by atoms with Crippen molar-refractivity contribution in [2.75, 3.05) is 13.1 Å². The first kappa shape index (κ1) is 27.3. The summed E-state index contributed by atoms with van der Waals surface area (Å²) in [7, 11) is 0. The average molecular weight is 476 g/mol. The summed E-state index contributed by atoms with van der Waals surface area (Å²) >= 11 is 0. The highest BCUT2D eigenvalue weighted by atomic mass is 16.4. The quantitative estimate of drug-likeness (QED) is 0.267. The van der Waals surface area contributed by atoms with Gasteiger partial charge < -0.3 is 27.2 Å². The number of nitrogens with two attached hydrogens (primary N) is 2. The molecule has 0 saturated carbocycles. The number of benzene rings is 1. The van der Waals surface area contributed by atoms with Crippen molar-refractivity contribution in [2.24, 2.45) is 17.4 Å². The average Bonchev–Trinajstić information content (AvgIpc) is 3.24. The van der Waals surface area contributed by atoms with E-state index < -0.39 is 35.9 Å². The van der Waals surface area contributed by atoms with E-state index in [1.54, 1.807) is 6.92 Å². The van der Waals surface area contributed by atoms with E-state index in [2.05, 4.69) is 10.6 Å². The van der Waals surface area contributed by atoms with E-state index in [9.17, 15) is 24.3 Å². The van der Waals surface area contributed by atoms with Gasteiger partial charge >= 0.3 is 5.97 Å². The lowest BCUT2D eigenvalue weighted by Gasteiger charge is -2.31. The van der Waals surface area contributed by atoms with E-state index in [0.717, 1.165) is 12.0 Å². The van der Waals surface area contributed by atoms with Gasteiger partial charge in [0.25, 0.3) is 0 Å². The lowest BCUT2D eigenvalue weighted by molar-refractivity contribution is -0.144. The van der Waals surface area contributed by atoms with Crippen molar-refractivity contribution in [1.82, 2.24) is 15.5 Å². The molecule has 1 aromatic rings. The Morgan fingerprint density at radius 3 is 2.44 bits per heavy atom. The van der Waals surface area contributed by atoms with E-state index in [1.807, 2.05) is 42.2 Å². The fourth-order valence-electron chi connectivity index (χ4n) is 4.23. The summed E-state index contributed by atoms with van der Waals surface area (Å²) in [5.41, 5.74) is 12.0. The zero-order valence-electron chi connectivity index (χ0n) is 19.9. The summed E-state index contributed by atoms with van der Waals surface area (Å²) in [5, 5.41) is 15.1. The molecule has 1 aromatic carbocycles. The molecule has 1 saturated heterocycles. The standard InChI is InChI=1S/C24H37N5O5/c1-3-15(2)21(24(33)34)28-23(32)19-10-7-11-29(19)14-17(12-16-8-5-4-6-9-16)27-22(31)18(25)13-20(26)30/h4-6,8-9,15,17-19,21H,3,7,10-14,25H2,1-2H3,(H2,26,30)(H,27,31)(H,28,32)(H,33,34). The zero-order valence-corrected chi connectivity index (χ0v) is 19.9. The summed E-state index contributed by atoms with van der Waals surface area (Å²) in [6.07, 6.45) is 2.26. The SMILES string of the molecule is CCC(C)C(NC(=O)C1CCCN1CC(Cc1ccccc1)NC(=O)C(N)CC(N)=O)C(=O)O. The third-order valence-electron chi connectivity index (χ3n) is 6.33. The molecule has 5 atom stereocenters. The first-order valence-corrected chi connectivity index (χ1v) is 11.8. The fraction of sp³-hybridized carbons (Fsp3) is 0.583. The van der Waals surface area contributed by atoms with Crippen molar-refractivity contribution in [2.45, 2.75) is 70.1 Å². The molecular formula is C24H37N5O5. The second-order valence-electron chi connectivity index (χ2n) is 9.04. The van der Waals surface area contributed by atoms with Gasteiger partial charge in [0, 0.05) is 12.6 Å². The molecule has 1 aliphatic rings. The predicted octanol–water partition coefficient (Wildman–Crippen LogP) is -0.00350. The number of nitrogens with zero attached hydrogens (tertiary/aromatic N) is 1. The monoisotopic (exact) mass is 475 g/mol. The maximum atomic E-state index is 13.0. The van der Waals surface area contributed by atoms with Crippen LogP contribution in [0.2, 0.25) is 0 Å². The van der Waals surface area contributed by atoms with Crippen LogP contribution in [0.15, 0.2) is 30.3 Å².